The molecule has 1 aliphatic rings. The van der Waals surface area contributed by atoms with Crippen molar-refractivity contribution >= 4 is 41.8 Å². The number of benzene rings is 3. The molecule has 4 rings (SSSR count). The molecule has 0 radical (unpaired) electrons. The molecular formula is C70H104N2O16. The van der Waals surface area contributed by atoms with Crippen molar-refractivity contribution in [2.75, 3.05) is 6.61 Å². The van der Waals surface area contributed by atoms with Crippen molar-refractivity contribution in [1.82, 2.24) is 10.6 Å². The van der Waals surface area contributed by atoms with Crippen LogP contribution in [0.3, 0.4) is 0 Å². The number of aliphatic hydroxyl groups excluding tert-OH is 1. The van der Waals surface area contributed by atoms with E-state index in [4.69, 9.17) is 37.9 Å². The van der Waals surface area contributed by atoms with Crippen LogP contribution in [-0.4, -0.2) is 102 Å². The van der Waals surface area contributed by atoms with Crippen LogP contribution in [0.1, 0.15) is 231 Å². The van der Waals surface area contributed by atoms with E-state index in [1.54, 1.807) is 93.6 Å². The van der Waals surface area contributed by atoms with Gasteiger partial charge in [0.05, 0.1) is 18.9 Å². The van der Waals surface area contributed by atoms with Gasteiger partial charge in [-0.2, -0.15) is 0 Å². The highest BCUT2D eigenvalue weighted by molar-refractivity contribution is 5.82. The molecule has 88 heavy (non-hydrogen) atoms. The summed E-state index contributed by atoms with van der Waals surface area (Å²) in [5.74, 6) is -4.32. The molecule has 0 saturated carbocycles. The number of unbranched alkanes of at least 4 members (excludes halogenated alkanes) is 20. The maximum Gasteiger partial charge on any atom is 0.408 e. The topological polar surface area (TPSA) is 238 Å². The van der Waals surface area contributed by atoms with Crippen LogP contribution in [0.15, 0.2) is 91.0 Å². The number of ether oxygens (including phenoxy) is 8. The van der Waals surface area contributed by atoms with Crippen molar-refractivity contribution in [3.8, 4) is 0 Å². The minimum atomic E-state index is -1.78. The van der Waals surface area contributed by atoms with Crippen molar-refractivity contribution < 1.29 is 76.6 Å². The molecule has 3 aromatic rings. The Balaban J connectivity index is 1.63. The number of nitrogens with one attached hydrogen (secondary N) is 2. The maximum atomic E-state index is 14.2. The predicted molar refractivity (Wildman–Crippen MR) is 335 cm³/mol. The van der Waals surface area contributed by atoms with E-state index in [1.807, 2.05) is 18.2 Å². The van der Waals surface area contributed by atoms with E-state index in [0.29, 0.717) is 24.0 Å². The first-order valence-electron chi connectivity index (χ1n) is 32.8. The second-order valence-electron chi connectivity index (χ2n) is 24.1. The molecule has 1 heterocycles. The number of alkyl carbamates (subject to hydrolysis) is 1. The number of carbonyl (C=O) groups excluding carboxylic acids is 7. The quantitative estimate of drug-likeness (QED) is 0.0271. The molecule has 3 aromatic carbocycles. The standard InChI is InChI=1S/C70H104N2O16/c1-6-8-10-12-14-16-18-20-22-24-35-43-59(73)72-64-66(87-61(75)44-36-25-23-21-19-17-15-13-11-9-7-2)65(78)58(52-84-67(79)57(71-69(80)88-70(3,4)5)45-46-60(74)81-49-53-37-29-26-30-38-53)86-68(64)85-56(47-62(76)82-50-54-39-31-27-32-40-54)48-63(77)83-51-55-41-33-28-34-42-55/h26-34,37-42,56-58,64-66,68,78H,6-25,35-36,43-52H2,1-5H3,(H,71,80)(H,72,73)/t57-,58+,64+,65+,66+,68-/m0/s1. The molecule has 0 unspecified atom stereocenters. The number of rotatable bonds is 45. The van der Waals surface area contributed by atoms with Gasteiger partial charge in [0.1, 0.15) is 56.3 Å². The number of hydrogen-bond donors (Lipinski definition) is 3. The number of hydrogen-bond acceptors (Lipinski definition) is 16. The summed E-state index contributed by atoms with van der Waals surface area (Å²) in [7, 11) is 0. The van der Waals surface area contributed by atoms with Crippen LogP contribution >= 0.6 is 0 Å². The highest BCUT2D eigenvalue weighted by atomic mass is 16.7. The molecular weight excluding hydrogens is 1120 g/mol. The Kier molecular flexibility index (Phi) is 37.2. The van der Waals surface area contributed by atoms with Crippen molar-refractivity contribution in [2.24, 2.45) is 0 Å². The number of carbonyl (C=O) groups is 7. The highest BCUT2D eigenvalue weighted by Crippen LogP contribution is 2.29. The third-order valence-electron chi connectivity index (χ3n) is 15.1. The monoisotopic (exact) mass is 1230 g/mol. The van der Waals surface area contributed by atoms with Crippen LogP contribution in [0, 0.1) is 0 Å². The molecule has 18 heteroatoms. The number of esters is 5. The van der Waals surface area contributed by atoms with E-state index >= 15 is 0 Å². The van der Waals surface area contributed by atoms with Crippen molar-refractivity contribution in [3.63, 3.8) is 0 Å². The normalized spacial score (nSPS) is 16.9. The minimum absolute atomic E-state index is 0.0133. The third kappa shape index (κ3) is 33.3. The summed E-state index contributed by atoms with van der Waals surface area (Å²) in [6.45, 7) is 8.40. The highest BCUT2D eigenvalue weighted by Gasteiger charge is 2.50. The van der Waals surface area contributed by atoms with Crippen LogP contribution in [0.5, 0.6) is 0 Å². The zero-order valence-electron chi connectivity index (χ0n) is 53.4. The van der Waals surface area contributed by atoms with E-state index < -0.39 is 110 Å². The van der Waals surface area contributed by atoms with Gasteiger partial charge in [0.25, 0.3) is 0 Å². The lowest BCUT2D eigenvalue weighted by Crippen LogP contribution is -2.66. The first-order valence-corrected chi connectivity index (χ1v) is 32.8. The number of amides is 2. The largest absolute Gasteiger partial charge is 0.461 e. The zero-order valence-corrected chi connectivity index (χ0v) is 53.4. The zero-order chi connectivity index (χ0) is 63.6. The Bertz CT molecular complexity index is 2360. The summed E-state index contributed by atoms with van der Waals surface area (Å²) in [5.41, 5.74) is 1.20. The third-order valence-corrected chi connectivity index (χ3v) is 15.1. The average molecular weight is 1230 g/mol. The van der Waals surface area contributed by atoms with Gasteiger partial charge >= 0.3 is 35.9 Å². The van der Waals surface area contributed by atoms with Crippen LogP contribution < -0.4 is 10.6 Å². The Morgan fingerprint density at radius 3 is 1.39 bits per heavy atom. The fourth-order valence-electron chi connectivity index (χ4n) is 10.2. The van der Waals surface area contributed by atoms with Crippen LogP contribution in [0.25, 0.3) is 0 Å². The molecule has 1 aliphatic heterocycles. The maximum absolute atomic E-state index is 14.2. The van der Waals surface area contributed by atoms with Gasteiger partial charge in [-0.25, -0.2) is 9.59 Å². The van der Waals surface area contributed by atoms with Crippen molar-refractivity contribution in [3.05, 3.63) is 108 Å². The molecule has 1 saturated heterocycles. The van der Waals surface area contributed by atoms with E-state index in [2.05, 4.69) is 24.5 Å². The fourth-order valence-corrected chi connectivity index (χ4v) is 10.2. The lowest BCUT2D eigenvalue weighted by Gasteiger charge is -2.44. The average Bonchev–Trinajstić information content (AvgIpc) is 2.47. The van der Waals surface area contributed by atoms with E-state index in [0.717, 1.165) is 63.4 Å². The second kappa shape index (κ2) is 44.1. The molecule has 18 nitrogen and oxygen atoms in total. The van der Waals surface area contributed by atoms with Crippen LogP contribution in [0.4, 0.5) is 4.79 Å². The fraction of sp³-hybridized carbons (Fsp3) is 0.643. The molecule has 2 amide bonds. The summed E-state index contributed by atoms with van der Waals surface area (Å²) in [6, 6.07) is 24.1. The Labute approximate surface area is 523 Å². The van der Waals surface area contributed by atoms with E-state index in [9.17, 15) is 38.7 Å². The van der Waals surface area contributed by atoms with E-state index in [1.165, 1.54) is 70.6 Å². The van der Waals surface area contributed by atoms with Crippen LogP contribution in [-0.2, 0) is 86.5 Å². The first-order chi connectivity index (χ1) is 42.5. The van der Waals surface area contributed by atoms with Gasteiger partial charge < -0.3 is 53.6 Å². The molecule has 1 fully saturated rings. The van der Waals surface area contributed by atoms with Crippen molar-refractivity contribution in [2.45, 2.75) is 283 Å². The minimum Gasteiger partial charge on any atom is -0.461 e. The van der Waals surface area contributed by atoms with Gasteiger partial charge in [-0.05, 0) is 56.7 Å². The van der Waals surface area contributed by atoms with Gasteiger partial charge in [-0.15, -0.1) is 0 Å². The second-order valence-corrected chi connectivity index (χ2v) is 24.1. The molecule has 0 spiro atoms. The Hall–Kier alpha value is -6.37. The Morgan fingerprint density at radius 2 is 0.943 bits per heavy atom. The van der Waals surface area contributed by atoms with Gasteiger partial charge in [0.15, 0.2) is 12.4 Å². The van der Waals surface area contributed by atoms with E-state index in [-0.39, 0.29) is 45.5 Å². The summed E-state index contributed by atoms with van der Waals surface area (Å²) >= 11 is 0. The summed E-state index contributed by atoms with van der Waals surface area (Å²) in [5, 5.41) is 17.8. The lowest BCUT2D eigenvalue weighted by molar-refractivity contribution is -0.286. The van der Waals surface area contributed by atoms with Gasteiger partial charge in [-0.1, -0.05) is 233 Å². The van der Waals surface area contributed by atoms with Crippen LogP contribution in [0.2, 0.25) is 0 Å². The predicted octanol–water partition coefficient (Wildman–Crippen LogP) is 13.5. The molecule has 490 valence electrons. The molecule has 0 aliphatic carbocycles. The molecule has 0 bridgehead atoms. The number of aliphatic hydroxyl groups is 1. The van der Waals surface area contributed by atoms with Crippen molar-refractivity contribution in [1.29, 1.82) is 0 Å². The van der Waals surface area contributed by atoms with Gasteiger partial charge in [0.2, 0.25) is 5.91 Å². The molecule has 0 aromatic heterocycles. The molecule has 6 atom stereocenters. The first kappa shape index (κ1) is 74.1. The smallest absolute Gasteiger partial charge is 0.408 e. The Morgan fingerprint density at radius 1 is 0.523 bits per heavy atom. The molecule has 3 N–H and O–H groups in total. The lowest BCUT2D eigenvalue weighted by atomic mass is 9.95. The summed E-state index contributed by atoms with van der Waals surface area (Å²) < 4.78 is 47.2. The van der Waals surface area contributed by atoms with Gasteiger partial charge in [0, 0.05) is 19.3 Å². The summed E-state index contributed by atoms with van der Waals surface area (Å²) in [6.07, 6.45) is 12.9. The SMILES string of the molecule is CCCCCCCCCCCCCC(=O)N[C@H]1[C@@H](OC(CC(=O)OCc2ccccc2)CC(=O)OCc2ccccc2)O[C@H](COC(=O)[C@H](CCC(=O)OCc2ccccc2)NC(=O)OC(C)(C)C)[C@@H](O)[C@@H]1OC(=O)CCCCCCCCCCCCC. The van der Waals surface area contributed by atoms with Gasteiger partial charge in [-0.3, -0.25) is 24.0 Å². The summed E-state index contributed by atoms with van der Waals surface area (Å²) in [4.78, 5) is 96.0.